The number of hydrogen-bond donors (Lipinski definition) is 1. The maximum atomic E-state index is 13.5. The number of anilines is 1. The highest BCUT2D eigenvalue weighted by atomic mass is 32.2. The van der Waals surface area contributed by atoms with E-state index in [4.69, 9.17) is 0 Å². The number of halogens is 2. The minimum absolute atomic E-state index is 0.000567. The smallest absolute Gasteiger partial charge is 0.224 e. The molecule has 25 heavy (non-hydrogen) atoms. The summed E-state index contributed by atoms with van der Waals surface area (Å²) >= 11 is 0.952. The highest BCUT2D eigenvalue weighted by Gasteiger charge is 2.11. The Labute approximate surface area is 149 Å². The number of benzene rings is 2. The van der Waals surface area contributed by atoms with Gasteiger partial charge in [0.05, 0.1) is 5.75 Å². The first-order valence-electron chi connectivity index (χ1n) is 7.86. The summed E-state index contributed by atoms with van der Waals surface area (Å²) in [5, 5.41) is 2.76. The van der Waals surface area contributed by atoms with Gasteiger partial charge in [-0.1, -0.05) is 13.8 Å². The number of rotatable bonds is 7. The van der Waals surface area contributed by atoms with E-state index < -0.39 is 11.6 Å². The lowest BCUT2D eigenvalue weighted by Gasteiger charge is -2.08. The number of Topliss-reactive ketones (excluding diaryl/α,β-unsaturated/α-hetero) is 1. The summed E-state index contributed by atoms with van der Waals surface area (Å²) < 4.78 is 26.7. The quantitative estimate of drug-likeness (QED) is 0.561. The molecule has 0 unspecified atom stereocenters. The van der Waals surface area contributed by atoms with E-state index in [1.165, 1.54) is 0 Å². The number of carbonyl (C=O) groups excluding carboxylic acids is 2. The molecule has 0 saturated heterocycles. The molecule has 132 valence electrons. The van der Waals surface area contributed by atoms with Crippen molar-refractivity contribution in [1.29, 1.82) is 0 Å². The van der Waals surface area contributed by atoms with Crippen LogP contribution in [0.25, 0.3) is 0 Å². The maximum Gasteiger partial charge on any atom is 0.224 e. The molecule has 0 spiro atoms. The standard InChI is InChI=1S/C19H19F2NO2S/c1-12(2)9-19(24)22-15-6-3-13(4-7-15)17(23)11-25-18-10-14(20)5-8-16(18)21/h3-8,10,12H,9,11H2,1-2H3,(H,22,24). The fourth-order valence-electron chi connectivity index (χ4n) is 2.14. The summed E-state index contributed by atoms with van der Waals surface area (Å²) in [6.45, 7) is 3.92. The molecule has 0 aromatic heterocycles. The van der Waals surface area contributed by atoms with Crippen molar-refractivity contribution in [2.75, 3.05) is 11.1 Å². The zero-order chi connectivity index (χ0) is 18.4. The molecular weight excluding hydrogens is 344 g/mol. The van der Waals surface area contributed by atoms with Gasteiger partial charge in [-0.3, -0.25) is 9.59 Å². The third-order valence-electron chi connectivity index (χ3n) is 3.34. The predicted octanol–water partition coefficient (Wildman–Crippen LogP) is 4.92. The van der Waals surface area contributed by atoms with Gasteiger partial charge in [-0.2, -0.15) is 0 Å². The van der Waals surface area contributed by atoms with Crippen LogP contribution >= 0.6 is 11.8 Å². The molecule has 6 heteroatoms. The van der Waals surface area contributed by atoms with E-state index in [0.29, 0.717) is 17.7 Å². The van der Waals surface area contributed by atoms with Gasteiger partial charge in [0, 0.05) is 22.6 Å². The van der Waals surface area contributed by atoms with E-state index >= 15 is 0 Å². The van der Waals surface area contributed by atoms with Gasteiger partial charge < -0.3 is 5.32 Å². The molecule has 3 nitrogen and oxygen atoms in total. The van der Waals surface area contributed by atoms with Crippen molar-refractivity contribution in [3.05, 3.63) is 59.7 Å². The van der Waals surface area contributed by atoms with E-state index in [9.17, 15) is 18.4 Å². The van der Waals surface area contributed by atoms with Crippen LogP contribution in [-0.2, 0) is 4.79 Å². The van der Waals surface area contributed by atoms with Crippen molar-refractivity contribution in [1.82, 2.24) is 0 Å². The Bertz CT molecular complexity index is 761. The zero-order valence-corrected chi connectivity index (χ0v) is 14.8. The summed E-state index contributed by atoms with van der Waals surface area (Å²) in [4.78, 5) is 24.0. The van der Waals surface area contributed by atoms with Crippen molar-refractivity contribution in [2.45, 2.75) is 25.2 Å². The van der Waals surface area contributed by atoms with Crippen molar-refractivity contribution in [3.63, 3.8) is 0 Å². The van der Waals surface area contributed by atoms with E-state index in [0.717, 1.165) is 30.0 Å². The van der Waals surface area contributed by atoms with Gasteiger partial charge in [0.2, 0.25) is 5.91 Å². The number of hydrogen-bond acceptors (Lipinski definition) is 3. The topological polar surface area (TPSA) is 46.2 Å². The molecule has 0 heterocycles. The Hall–Kier alpha value is -2.21. The van der Waals surface area contributed by atoms with Crippen LogP contribution in [0, 0.1) is 17.6 Å². The second kappa shape index (κ2) is 8.76. The zero-order valence-electron chi connectivity index (χ0n) is 14.0. The third kappa shape index (κ3) is 5.98. The minimum Gasteiger partial charge on any atom is -0.326 e. The molecule has 0 radical (unpaired) electrons. The summed E-state index contributed by atoms with van der Waals surface area (Å²) in [5.41, 5.74) is 1.07. The minimum atomic E-state index is -0.553. The van der Waals surface area contributed by atoms with E-state index in [-0.39, 0.29) is 28.3 Å². The largest absolute Gasteiger partial charge is 0.326 e. The average Bonchev–Trinajstić information content (AvgIpc) is 2.55. The van der Waals surface area contributed by atoms with Crippen LogP contribution in [0.1, 0.15) is 30.6 Å². The molecule has 2 aromatic rings. The molecule has 0 bridgehead atoms. The van der Waals surface area contributed by atoms with Gasteiger partial charge in [-0.05, 0) is 48.4 Å². The highest BCUT2D eigenvalue weighted by Crippen LogP contribution is 2.24. The molecule has 0 aliphatic carbocycles. The molecule has 1 amide bonds. The van der Waals surface area contributed by atoms with Crippen molar-refractivity contribution in [2.24, 2.45) is 5.92 Å². The molecule has 0 aliphatic rings. The van der Waals surface area contributed by atoms with Crippen LogP contribution in [0.15, 0.2) is 47.4 Å². The highest BCUT2D eigenvalue weighted by molar-refractivity contribution is 8.00. The Morgan fingerprint density at radius 2 is 1.76 bits per heavy atom. The second-order valence-electron chi connectivity index (χ2n) is 6.01. The van der Waals surface area contributed by atoms with Crippen LogP contribution in [0.5, 0.6) is 0 Å². The Morgan fingerprint density at radius 3 is 2.40 bits per heavy atom. The van der Waals surface area contributed by atoms with Crippen LogP contribution in [0.4, 0.5) is 14.5 Å². The van der Waals surface area contributed by atoms with Crippen LogP contribution in [0.3, 0.4) is 0 Å². The summed E-state index contributed by atoms with van der Waals surface area (Å²) in [7, 11) is 0. The van der Waals surface area contributed by atoms with Gasteiger partial charge in [-0.15, -0.1) is 11.8 Å². The van der Waals surface area contributed by atoms with Crippen LogP contribution < -0.4 is 5.32 Å². The van der Waals surface area contributed by atoms with Gasteiger partial charge >= 0.3 is 0 Å². The first-order chi connectivity index (χ1) is 11.8. The summed E-state index contributed by atoms with van der Waals surface area (Å²) in [5.74, 6) is -1.11. The summed E-state index contributed by atoms with van der Waals surface area (Å²) in [6.07, 6.45) is 0.427. The van der Waals surface area contributed by atoms with Gasteiger partial charge in [0.1, 0.15) is 11.6 Å². The van der Waals surface area contributed by atoms with Crippen LogP contribution in [-0.4, -0.2) is 17.4 Å². The normalized spacial score (nSPS) is 10.8. The van der Waals surface area contributed by atoms with Gasteiger partial charge in [0.15, 0.2) is 5.78 Å². The Kier molecular flexibility index (Phi) is 6.70. The molecule has 0 fully saturated rings. The van der Waals surface area contributed by atoms with Gasteiger partial charge in [0.25, 0.3) is 0 Å². The first kappa shape index (κ1) is 19.1. The number of ketones is 1. The maximum absolute atomic E-state index is 13.5. The Balaban J connectivity index is 1.94. The molecule has 0 atom stereocenters. The number of amides is 1. The molecule has 0 saturated carbocycles. The lowest BCUT2D eigenvalue weighted by molar-refractivity contribution is -0.116. The SMILES string of the molecule is CC(C)CC(=O)Nc1ccc(C(=O)CSc2cc(F)ccc2F)cc1. The third-order valence-corrected chi connectivity index (χ3v) is 4.37. The predicted molar refractivity (Wildman–Crippen MR) is 95.9 cm³/mol. The summed E-state index contributed by atoms with van der Waals surface area (Å²) in [6, 6.07) is 9.66. The van der Waals surface area contributed by atoms with Crippen molar-refractivity contribution < 1.29 is 18.4 Å². The second-order valence-corrected chi connectivity index (χ2v) is 7.03. The number of nitrogens with one attached hydrogen (secondary N) is 1. The van der Waals surface area contributed by atoms with Crippen molar-refractivity contribution in [3.8, 4) is 0 Å². The van der Waals surface area contributed by atoms with E-state index in [2.05, 4.69) is 5.32 Å². The van der Waals surface area contributed by atoms with E-state index in [1.54, 1.807) is 24.3 Å². The first-order valence-corrected chi connectivity index (χ1v) is 8.84. The average molecular weight is 363 g/mol. The fourth-order valence-corrected chi connectivity index (χ4v) is 2.99. The lowest BCUT2D eigenvalue weighted by Crippen LogP contribution is -2.14. The Morgan fingerprint density at radius 1 is 1.08 bits per heavy atom. The molecule has 2 rings (SSSR count). The lowest BCUT2D eigenvalue weighted by atomic mass is 10.1. The van der Waals surface area contributed by atoms with Crippen molar-refractivity contribution >= 4 is 29.1 Å². The number of carbonyl (C=O) groups is 2. The fraction of sp³-hybridized carbons (Fsp3) is 0.263. The molecule has 0 aliphatic heterocycles. The number of thioether (sulfide) groups is 1. The molecule has 1 N–H and O–H groups in total. The monoisotopic (exact) mass is 363 g/mol. The van der Waals surface area contributed by atoms with Crippen LogP contribution in [0.2, 0.25) is 0 Å². The van der Waals surface area contributed by atoms with E-state index in [1.807, 2.05) is 13.8 Å². The molecule has 2 aromatic carbocycles. The molecular formula is C19H19F2NO2S. The van der Waals surface area contributed by atoms with Gasteiger partial charge in [-0.25, -0.2) is 8.78 Å².